The van der Waals surface area contributed by atoms with Gasteiger partial charge in [-0.05, 0) is 37.5 Å². The fraction of sp³-hybridized carbons (Fsp3) is 0.462. The van der Waals surface area contributed by atoms with E-state index in [1.807, 2.05) is 11.8 Å². The van der Waals surface area contributed by atoms with Gasteiger partial charge in [-0.2, -0.15) is 0 Å². The third-order valence-electron chi connectivity index (χ3n) is 2.90. The highest BCUT2D eigenvalue weighted by Crippen LogP contribution is 2.31. The van der Waals surface area contributed by atoms with E-state index in [-0.39, 0.29) is 11.7 Å². The third kappa shape index (κ3) is 2.72. The number of nitrogens with zero attached hydrogens (tertiary/aromatic N) is 1. The molecule has 0 bridgehead atoms. The fourth-order valence-corrected chi connectivity index (χ4v) is 2.08. The van der Waals surface area contributed by atoms with Crippen molar-refractivity contribution in [1.82, 2.24) is 4.90 Å². The number of phenolic OH excluding ortho intramolecular Hbond substituents is 1. The normalized spacial score (nSPS) is 14.7. The first-order valence-corrected chi connectivity index (χ1v) is 6.30. The van der Waals surface area contributed by atoms with Crippen molar-refractivity contribution in [3.8, 4) is 5.75 Å². The molecule has 1 aromatic rings. The number of phenols is 1. The Bertz CT molecular complexity index is 429. The molecule has 4 heteroatoms. The van der Waals surface area contributed by atoms with Gasteiger partial charge >= 0.3 is 0 Å². The van der Waals surface area contributed by atoms with E-state index in [9.17, 15) is 9.90 Å². The maximum Gasteiger partial charge on any atom is 0.257 e. The molecule has 92 valence electrons. The second kappa shape index (κ2) is 4.96. The lowest BCUT2D eigenvalue weighted by Gasteiger charge is -2.22. The van der Waals surface area contributed by atoms with Gasteiger partial charge in [0.1, 0.15) is 5.75 Å². The Hall–Kier alpha value is -1.22. The van der Waals surface area contributed by atoms with Crippen molar-refractivity contribution in [3.63, 3.8) is 0 Å². The molecule has 0 aliphatic heterocycles. The van der Waals surface area contributed by atoms with Crippen LogP contribution in [0.15, 0.2) is 18.2 Å². The van der Waals surface area contributed by atoms with E-state index in [4.69, 9.17) is 11.6 Å². The minimum absolute atomic E-state index is 0.0377. The zero-order valence-corrected chi connectivity index (χ0v) is 10.6. The van der Waals surface area contributed by atoms with Crippen molar-refractivity contribution in [3.05, 3.63) is 28.8 Å². The summed E-state index contributed by atoms with van der Waals surface area (Å²) in [4.78, 5) is 14.1. The van der Waals surface area contributed by atoms with E-state index >= 15 is 0 Å². The van der Waals surface area contributed by atoms with Gasteiger partial charge in [0, 0.05) is 17.6 Å². The topological polar surface area (TPSA) is 40.5 Å². The quantitative estimate of drug-likeness (QED) is 0.896. The number of benzene rings is 1. The lowest BCUT2D eigenvalue weighted by molar-refractivity contribution is 0.0740. The number of carbonyl (C=O) groups excluding carboxylic acids is 1. The molecule has 1 amide bonds. The van der Waals surface area contributed by atoms with Crippen molar-refractivity contribution in [1.29, 1.82) is 0 Å². The van der Waals surface area contributed by atoms with Crippen LogP contribution in [-0.4, -0.2) is 28.5 Å². The van der Waals surface area contributed by atoms with E-state index < -0.39 is 0 Å². The van der Waals surface area contributed by atoms with E-state index in [0.717, 1.165) is 25.8 Å². The van der Waals surface area contributed by atoms with Gasteiger partial charge in [-0.1, -0.05) is 18.5 Å². The number of hydrogen-bond donors (Lipinski definition) is 1. The summed E-state index contributed by atoms with van der Waals surface area (Å²) in [6, 6.07) is 4.99. The third-order valence-corrected chi connectivity index (χ3v) is 3.14. The highest BCUT2D eigenvalue weighted by atomic mass is 35.5. The minimum atomic E-state index is -0.0940. The number of aromatic hydroxyl groups is 1. The molecule has 1 aliphatic carbocycles. The second-order valence-electron chi connectivity index (χ2n) is 4.39. The molecule has 3 nitrogen and oxygen atoms in total. The molecule has 1 aromatic carbocycles. The Labute approximate surface area is 106 Å². The van der Waals surface area contributed by atoms with Crippen molar-refractivity contribution in [2.75, 3.05) is 6.54 Å². The molecule has 0 saturated heterocycles. The standard InChI is InChI=1S/C13H16ClNO2/c1-2-7-15(10-4-5-10)13(17)11-6-3-9(14)8-12(11)16/h3,6,8,10,16H,2,4-5,7H2,1H3. The van der Waals surface area contributed by atoms with E-state index in [1.165, 1.54) is 6.07 Å². The van der Waals surface area contributed by atoms with Crippen LogP contribution in [0.5, 0.6) is 5.75 Å². The number of hydrogen-bond acceptors (Lipinski definition) is 2. The summed E-state index contributed by atoms with van der Waals surface area (Å²) < 4.78 is 0. The molecular formula is C13H16ClNO2. The highest BCUT2D eigenvalue weighted by Gasteiger charge is 2.33. The number of halogens is 1. The van der Waals surface area contributed by atoms with Gasteiger partial charge in [0.15, 0.2) is 0 Å². The zero-order chi connectivity index (χ0) is 12.4. The molecule has 0 heterocycles. The molecular weight excluding hydrogens is 238 g/mol. The Balaban J connectivity index is 2.22. The van der Waals surface area contributed by atoms with Crippen LogP contribution in [0.4, 0.5) is 0 Å². The average molecular weight is 254 g/mol. The molecule has 0 atom stereocenters. The lowest BCUT2D eigenvalue weighted by atomic mass is 10.1. The molecule has 1 fully saturated rings. The molecule has 0 spiro atoms. The first-order chi connectivity index (χ1) is 8.13. The van der Waals surface area contributed by atoms with Crippen LogP contribution in [0.1, 0.15) is 36.5 Å². The summed E-state index contributed by atoms with van der Waals surface area (Å²) in [6.07, 6.45) is 3.07. The summed E-state index contributed by atoms with van der Waals surface area (Å²) in [5.74, 6) is -0.132. The Morgan fingerprint density at radius 2 is 2.24 bits per heavy atom. The molecule has 0 unspecified atom stereocenters. The van der Waals surface area contributed by atoms with Crippen molar-refractivity contribution in [2.24, 2.45) is 0 Å². The van der Waals surface area contributed by atoms with Gasteiger partial charge in [0.05, 0.1) is 5.56 Å². The monoisotopic (exact) mass is 253 g/mol. The Morgan fingerprint density at radius 3 is 2.76 bits per heavy atom. The highest BCUT2D eigenvalue weighted by molar-refractivity contribution is 6.30. The molecule has 17 heavy (non-hydrogen) atoms. The minimum Gasteiger partial charge on any atom is -0.507 e. The fourth-order valence-electron chi connectivity index (χ4n) is 1.92. The predicted octanol–water partition coefficient (Wildman–Crippen LogP) is 3.06. The maximum atomic E-state index is 12.3. The van der Waals surface area contributed by atoms with Crippen molar-refractivity contribution >= 4 is 17.5 Å². The SMILES string of the molecule is CCCN(C(=O)c1ccc(Cl)cc1O)C1CC1. The Kier molecular flexibility index (Phi) is 3.57. The van der Waals surface area contributed by atoms with Crippen LogP contribution >= 0.6 is 11.6 Å². The summed E-state index contributed by atoms with van der Waals surface area (Å²) in [6.45, 7) is 2.79. The van der Waals surface area contributed by atoms with Crippen LogP contribution in [0.2, 0.25) is 5.02 Å². The van der Waals surface area contributed by atoms with Crippen LogP contribution in [0, 0.1) is 0 Å². The Morgan fingerprint density at radius 1 is 1.53 bits per heavy atom. The molecule has 0 aromatic heterocycles. The van der Waals surface area contributed by atoms with E-state index in [2.05, 4.69) is 0 Å². The lowest BCUT2D eigenvalue weighted by Crippen LogP contribution is -2.33. The summed E-state index contributed by atoms with van der Waals surface area (Å²) in [7, 11) is 0. The second-order valence-corrected chi connectivity index (χ2v) is 4.83. The van der Waals surface area contributed by atoms with Crippen LogP contribution in [0.3, 0.4) is 0 Å². The van der Waals surface area contributed by atoms with E-state index in [1.54, 1.807) is 12.1 Å². The molecule has 2 rings (SSSR count). The molecule has 1 saturated carbocycles. The van der Waals surface area contributed by atoms with Gasteiger partial charge in [-0.25, -0.2) is 0 Å². The number of amides is 1. The van der Waals surface area contributed by atoms with Gasteiger partial charge < -0.3 is 10.0 Å². The van der Waals surface area contributed by atoms with Gasteiger partial charge in [0.25, 0.3) is 5.91 Å². The summed E-state index contributed by atoms with van der Waals surface area (Å²) in [5.41, 5.74) is 0.342. The first-order valence-electron chi connectivity index (χ1n) is 5.93. The van der Waals surface area contributed by atoms with Gasteiger partial charge in [-0.15, -0.1) is 0 Å². The van der Waals surface area contributed by atoms with Crippen LogP contribution in [-0.2, 0) is 0 Å². The zero-order valence-electron chi connectivity index (χ0n) is 9.82. The number of carbonyl (C=O) groups is 1. The molecule has 1 aliphatic rings. The predicted molar refractivity (Wildman–Crippen MR) is 67.5 cm³/mol. The van der Waals surface area contributed by atoms with Crippen molar-refractivity contribution in [2.45, 2.75) is 32.2 Å². The molecule has 1 N–H and O–H groups in total. The largest absolute Gasteiger partial charge is 0.507 e. The summed E-state index contributed by atoms with van der Waals surface area (Å²) >= 11 is 5.75. The van der Waals surface area contributed by atoms with E-state index in [0.29, 0.717) is 16.6 Å². The van der Waals surface area contributed by atoms with Gasteiger partial charge in [-0.3, -0.25) is 4.79 Å². The van der Waals surface area contributed by atoms with Gasteiger partial charge in [0.2, 0.25) is 0 Å². The van der Waals surface area contributed by atoms with Crippen molar-refractivity contribution < 1.29 is 9.90 Å². The average Bonchev–Trinajstić information content (AvgIpc) is 3.09. The smallest absolute Gasteiger partial charge is 0.257 e. The number of rotatable bonds is 4. The molecule has 0 radical (unpaired) electrons. The van der Waals surface area contributed by atoms with Crippen LogP contribution in [0.25, 0.3) is 0 Å². The summed E-state index contributed by atoms with van der Waals surface area (Å²) in [5, 5.41) is 10.2. The maximum absolute atomic E-state index is 12.3. The first kappa shape index (κ1) is 12.2. The van der Waals surface area contributed by atoms with Crippen LogP contribution < -0.4 is 0 Å².